The van der Waals surface area contributed by atoms with Gasteiger partial charge in [0.1, 0.15) is 34.9 Å². The topological polar surface area (TPSA) is 59.8 Å². The van der Waals surface area contributed by atoms with E-state index in [1.54, 1.807) is 32.5 Å². The number of halogens is 1. The fraction of sp³-hybridized carbons (Fsp3) is 0.154. The largest absolute Gasteiger partial charge is 0.497 e. The van der Waals surface area contributed by atoms with Crippen LogP contribution in [0.4, 0.5) is 10.1 Å². The van der Waals surface area contributed by atoms with Crippen molar-refractivity contribution < 1.29 is 18.3 Å². The Bertz CT molecular complexity index is 1310. The molecule has 3 heterocycles. The van der Waals surface area contributed by atoms with E-state index in [-0.39, 0.29) is 17.9 Å². The zero-order valence-electron chi connectivity index (χ0n) is 18.6. The molecule has 34 heavy (non-hydrogen) atoms. The van der Waals surface area contributed by atoms with Gasteiger partial charge in [0.2, 0.25) is 0 Å². The second-order valence-corrected chi connectivity index (χ2v) is 8.13. The summed E-state index contributed by atoms with van der Waals surface area (Å²) in [5.41, 5.74) is 2.34. The van der Waals surface area contributed by atoms with Gasteiger partial charge in [-0.25, -0.2) is 4.39 Å². The Morgan fingerprint density at radius 1 is 1.00 bits per heavy atom. The molecule has 1 aliphatic heterocycles. The maximum absolute atomic E-state index is 13.4. The maximum atomic E-state index is 13.4. The molecule has 1 aliphatic rings. The highest BCUT2D eigenvalue weighted by atomic mass is 32.1. The first-order valence-corrected chi connectivity index (χ1v) is 11.1. The summed E-state index contributed by atoms with van der Waals surface area (Å²) in [5, 5.41) is 3.91. The van der Waals surface area contributed by atoms with E-state index in [2.05, 4.69) is 10.3 Å². The zero-order chi connectivity index (χ0) is 23.7. The third-order valence-corrected chi connectivity index (χ3v) is 6.11. The first-order valence-electron chi connectivity index (χ1n) is 10.7. The Hall–Kier alpha value is -3.91. The van der Waals surface area contributed by atoms with Gasteiger partial charge in [-0.2, -0.15) is 0 Å². The molecule has 1 fully saturated rings. The summed E-state index contributed by atoms with van der Waals surface area (Å²) in [6, 6.07) is 20.6. The van der Waals surface area contributed by atoms with Crippen molar-refractivity contribution in [1.29, 1.82) is 0 Å². The number of furan rings is 1. The number of aromatic nitrogens is 1. The minimum absolute atomic E-state index is 0.281. The van der Waals surface area contributed by atoms with Gasteiger partial charge in [0, 0.05) is 17.8 Å². The molecular weight excluding hydrogens is 453 g/mol. The van der Waals surface area contributed by atoms with Crippen molar-refractivity contribution in [2.45, 2.75) is 12.1 Å². The van der Waals surface area contributed by atoms with Gasteiger partial charge in [-0.15, -0.1) is 0 Å². The van der Waals surface area contributed by atoms with E-state index >= 15 is 0 Å². The molecule has 0 saturated carbocycles. The lowest BCUT2D eigenvalue weighted by Gasteiger charge is -2.27. The van der Waals surface area contributed by atoms with E-state index < -0.39 is 0 Å². The SMILES string of the molecule is COc1ccc(OC)c(N2C(=S)N[C@H](c3ccccn3)[C@H]2c2ccc(-c3ccc(F)cc3)o2)c1. The Morgan fingerprint density at radius 2 is 1.82 bits per heavy atom. The second-order valence-electron chi connectivity index (χ2n) is 7.74. The lowest BCUT2D eigenvalue weighted by molar-refractivity contribution is 0.400. The number of hydrogen-bond donors (Lipinski definition) is 1. The van der Waals surface area contributed by atoms with Gasteiger partial charge >= 0.3 is 0 Å². The number of hydrogen-bond acceptors (Lipinski definition) is 5. The average molecular weight is 476 g/mol. The van der Waals surface area contributed by atoms with Gasteiger partial charge in [0.15, 0.2) is 5.11 Å². The van der Waals surface area contributed by atoms with Crippen LogP contribution in [-0.2, 0) is 0 Å². The summed E-state index contributed by atoms with van der Waals surface area (Å²) in [6.45, 7) is 0. The first-order chi connectivity index (χ1) is 16.6. The number of nitrogens with zero attached hydrogens (tertiary/aromatic N) is 2. The van der Waals surface area contributed by atoms with Crippen LogP contribution < -0.4 is 19.7 Å². The molecular formula is C26H22FN3O3S. The molecule has 8 heteroatoms. The highest BCUT2D eigenvalue weighted by Crippen LogP contribution is 2.46. The summed E-state index contributed by atoms with van der Waals surface area (Å²) in [7, 11) is 3.23. The molecule has 0 spiro atoms. The molecule has 172 valence electrons. The monoisotopic (exact) mass is 475 g/mol. The summed E-state index contributed by atoms with van der Waals surface area (Å²) in [4.78, 5) is 6.52. The van der Waals surface area contributed by atoms with Crippen molar-refractivity contribution in [3.8, 4) is 22.8 Å². The lowest BCUT2D eigenvalue weighted by atomic mass is 10.0. The van der Waals surface area contributed by atoms with Gasteiger partial charge in [0.25, 0.3) is 0 Å². The van der Waals surface area contributed by atoms with E-state index in [1.807, 2.05) is 53.4 Å². The second kappa shape index (κ2) is 9.15. The van der Waals surface area contributed by atoms with Crippen LogP contribution in [0.25, 0.3) is 11.3 Å². The summed E-state index contributed by atoms with van der Waals surface area (Å²) < 4.78 is 30.8. The van der Waals surface area contributed by atoms with Crippen molar-refractivity contribution in [1.82, 2.24) is 10.3 Å². The van der Waals surface area contributed by atoms with E-state index in [1.165, 1.54) is 12.1 Å². The van der Waals surface area contributed by atoms with Crippen molar-refractivity contribution >= 4 is 23.0 Å². The Morgan fingerprint density at radius 3 is 2.53 bits per heavy atom. The molecule has 2 atom stereocenters. The van der Waals surface area contributed by atoms with E-state index in [0.29, 0.717) is 28.1 Å². The van der Waals surface area contributed by atoms with Crippen LogP contribution in [0.5, 0.6) is 11.5 Å². The number of anilines is 1. The number of ether oxygens (including phenoxy) is 2. The number of methoxy groups -OCH3 is 2. The van der Waals surface area contributed by atoms with Crippen LogP contribution >= 0.6 is 12.2 Å². The maximum Gasteiger partial charge on any atom is 0.174 e. The van der Waals surface area contributed by atoms with Crippen molar-refractivity contribution in [3.05, 3.63) is 96.3 Å². The standard InChI is InChI=1S/C26H22FN3O3S/c1-31-18-10-11-22(32-2)20(15-18)30-25(24(29-26(30)34)19-5-3-4-14-28-19)23-13-12-21(33-23)16-6-8-17(27)9-7-16/h3-15,24-25H,1-2H3,(H,29,34)/t24-,25-/m1/s1. The Labute approximate surface area is 201 Å². The zero-order valence-corrected chi connectivity index (χ0v) is 19.4. The summed E-state index contributed by atoms with van der Waals surface area (Å²) in [6.07, 6.45) is 1.75. The van der Waals surface area contributed by atoms with Crippen LogP contribution in [-0.4, -0.2) is 24.3 Å². The molecule has 6 nitrogen and oxygen atoms in total. The lowest BCUT2D eigenvalue weighted by Crippen LogP contribution is -2.29. The van der Waals surface area contributed by atoms with Gasteiger partial charge in [-0.1, -0.05) is 6.07 Å². The predicted molar refractivity (Wildman–Crippen MR) is 132 cm³/mol. The normalized spacial score (nSPS) is 17.5. The number of rotatable bonds is 6. The molecule has 2 aromatic carbocycles. The number of pyridine rings is 1. The smallest absolute Gasteiger partial charge is 0.174 e. The Balaban J connectivity index is 1.63. The molecule has 2 aromatic heterocycles. The van der Waals surface area contributed by atoms with E-state index in [4.69, 9.17) is 26.1 Å². The van der Waals surface area contributed by atoms with Crippen LogP contribution in [0.3, 0.4) is 0 Å². The van der Waals surface area contributed by atoms with Crippen LogP contribution in [0.1, 0.15) is 23.5 Å². The van der Waals surface area contributed by atoms with Gasteiger partial charge in [-0.05, 0) is 72.9 Å². The van der Waals surface area contributed by atoms with Crippen LogP contribution in [0, 0.1) is 5.82 Å². The van der Waals surface area contributed by atoms with E-state index in [9.17, 15) is 4.39 Å². The minimum atomic E-state index is -0.363. The Kier molecular flexibility index (Phi) is 5.90. The average Bonchev–Trinajstić information content (AvgIpc) is 3.49. The summed E-state index contributed by atoms with van der Waals surface area (Å²) >= 11 is 5.79. The molecule has 0 bridgehead atoms. The van der Waals surface area contributed by atoms with Crippen LogP contribution in [0.15, 0.2) is 83.4 Å². The molecule has 0 unspecified atom stereocenters. The minimum Gasteiger partial charge on any atom is -0.497 e. The molecule has 5 rings (SSSR count). The van der Waals surface area contributed by atoms with Crippen molar-refractivity contribution in [2.75, 3.05) is 19.1 Å². The fourth-order valence-electron chi connectivity index (χ4n) is 4.17. The molecule has 1 N–H and O–H groups in total. The van der Waals surface area contributed by atoms with Crippen molar-refractivity contribution in [3.63, 3.8) is 0 Å². The molecule has 4 aromatic rings. The molecule has 1 saturated heterocycles. The fourth-order valence-corrected chi connectivity index (χ4v) is 4.51. The third-order valence-electron chi connectivity index (χ3n) is 5.79. The highest BCUT2D eigenvalue weighted by Gasteiger charge is 2.43. The quantitative estimate of drug-likeness (QED) is 0.360. The molecule has 0 amide bonds. The van der Waals surface area contributed by atoms with Crippen LogP contribution in [0.2, 0.25) is 0 Å². The van der Waals surface area contributed by atoms with Gasteiger partial charge in [0.05, 0.1) is 31.6 Å². The number of thiocarbonyl (C=S) groups is 1. The van der Waals surface area contributed by atoms with Gasteiger partial charge < -0.3 is 24.1 Å². The molecule has 0 radical (unpaired) electrons. The molecule has 0 aliphatic carbocycles. The predicted octanol–water partition coefficient (Wildman–Crippen LogP) is 5.68. The summed E-state index contributed by atoms with van der Waals surface area (Å²) in [5.74, 6) is 2.32. The number of nitrogens with one attached hydrogen (secondary N) is 1. The van der Waals surface area contributed by atoms with Gasteiger partial charge in [-0.3, -0.25) is 4.98 Å². The van der Waals surface area contributed by atoms with Crippen molar-refractivity contribution in [2.24, 2.45) is 0 Å². The third kappa shape index (κ3) is 3.97. The first kappa shape index (κ1) is 21.9. The highest BCUT2D eigenvalue weighted by molar-refractivity contribution is 7.80. The van der Waals surface area contributed by atoms with E-state index in [0.717, 1.165) is 16.9 Å². The number of benzene rings is 2.